The number of methoxy groups -OCH3 is 1. The Morgan fingerprint density at radius 3 is 2.63 bits per heavy atom. The monoisotopic (exact) mass is 560 g/mol. The molecule has 2 aliphatic heterocycles. The number of β-lactam (4-membered cyclic amide) rings is 1. The molecule has 2 aromatic rings. The van der Waals surface area contributed by atoms with E-state index in [0.29, 0.717) is 11.3 Å². The minimum Gasteiger partial charge on any atom is -0.543 e. The van der Waals surface area contributed by atoms with Gasteiger partial charge in [0.1, 0.15) is 17.1 Å². The van der Waals surface area contributed by atoms with Crippen LogP contribution in [-0.2, 0) is 35.3 Å². The van der Waals surface area contributed by atoms with Crippen LogP contribution in [0.15, 0.2) is 52.4 Å². The van der Waals surface area contributed by atoms with Gasteiger partial charge in [0.15, 0.2) is 29.8 Å². The smallest absolute Gasteiger partial charge is 0.352 e. The van der Waals surface area contributed by atoms with Gasteiger partial charge in [0.05, 0.1) is 18.8 Å². The molecular formula is C23H24N6O7S2. The van der Waals surface area contributed by atoms with E-state index < -0.39 is 40.8 Å². The van der Waals surface area contributed by atoms with Crippen molar-refractivity contribution in [1.29, 1.82) is 0 Å². The molecule has 0 unspecified atom stereocenters. The van der Waals surface area contributed by atoms with Crippen LogP contribution in [0.3, 0.4) is 0 Å². The summed E-state index contributed by atoms with van der Waals surface area (Å²) in [6.45, 7) is 3.07. The maximum atomic E-state index is 13.2. The molecule has 13 nitrogen and oxygen atoms in total. The number of nitrogens with zero attached hydrogens (tertiary/aromatic N) is 4. The number of nitrogens with two attached hydrogens (primary N) is 1. The fraction of sp³-hybridized carbons (Fsp3) is 0.348. The molecule has 2 atom stereocenters. The molecule has 1 fully saturated rings. The highest BCUT2D eigenvalue weighted by Crippen LogP contribution is 2.40. The van der Waals surface area contributed by atoms with Gasteiger partial charge in [0.25, 0.3) is 11.8 Å². The van der Waals surface area contributed by atoms with E-state index in [1.54, 1.807) is 17.0 Å². The van der Waals surface area contributed by atoms with Crippen molar-refractivity contribution in [2.45, 2.75) is 37.4 Å². The molecule has 1 saturated heterocycles. The molecule has 15 heteroatoms. The predicted octanol–water partition coefficient (Wildman–Crippen LogP) is -1.21. The Morgan fingerprint density at radius 2 is 2.03 bits per heavy atom. The van der Waals surface area contributed by atoms with Crippen LogP contribution in [0, 0.1) is 0 Å². The molecule has 0 radical (unpaired) electrons. The Kier molecular flexibility index (Phi) is 7.68. The van der Waals surface area contributed by atoms with Gasteiger partial charge < -0.3 is 30.5 Å². The Balaban J connectivity index is 1.55. The van der Waals surface area contributed by atoms with Gasteiger partial charge in [-0.3, -0.25) is 14.5 Å². The van der Waals surface area contributed by atoms with Crippen molar-refractivity contribution in [3.05, 3.63) is 52.9 Å². The zero-order valence-electron chi connectivity index (χ0n) is 20.6. The number of ether oxygens (including phenoxy) is 1. The standard InChI is InChI=1S/C23H24N6O7S2/c1-23(2,21(34)35-3)36-27-14(13-11-38-22(24)25-13)17(30)26-15-18(31)29-16(20(32)33)12(10-37-19(15)29)9-28-7-5-4-6-8-28/h4-8,11,15,19H,9-10H2,1-3H3,(H3-,24,25,26,30,32,33)/b27-14+/t15-,19-/m1/s1. The van der Waals surface area contributed by atoms with Crippen LogP contribution in [0.25, 0.3) is 0 Å². The number of esters is 1. The SMILES string of the molecule is COC(=O)C(C)(C)O/N=C(/C(=O)N[C@@H]1C(=O)N2C(C(=O)[O-])=C(C[n+]3ccccc3)CS[C@H]12)c1csc(N)n1. The minimum atomic E-state index is -1.52. The third-order valence-electron chi connectivity index (χ3n) is 5.70. The fourth-order valence-electron chi connectivity index (χ4n) is 3.81. The minimum absolute atomic E-state index is 0.0723. The van der Waals surface area contributed by atoms with Gasteiger partial charge in [-0.05, 0) is 13.8 Å². The molecule has 0 aliphatic carbocycles. The zero-order chi connectivity index (χ0) is 27.6. The quantitative estimate of drug-likeness (QED) is 0.124. The zero-order valence-corrected chi connectivity index (χ0v) is 22.2. The van der Waals surface area contributed by atoms with Crippen LogP contribution in [0.1, 0.15) is 19.5 Å². The molecule has 0 bridgehead atoms. The summed E-state index contributed by atoms with van der Waals surface area (Å²) in [6, 6.07) is 4.41. The molecule has 2 aliphatic rings. The van der Waals surface area contributed by atoms with E-state index >= 15 is 0 Å². The number of thiazole rings is 1. The van der Waals surface area contributed by atoms with Gasteiger partial charge in [0, 0.05) is 28.8 Å². The Bertz CT molecular complexity index is 1340. The number of pyridine rings is 1. The highest BCUT2D eigenvalue weighted by atomic mass is 32.2. The number of hydrogen-bond donors (Lipinski definition) is 2. The summed E-state index contributed by atoms with van der Waals surface area (Å²) in [5, 5.41) is 19.4. The number of rotatable bonds is 9. The van der Waals surface area contributed by atoms with Crippen molar-refractivity contribution in [2.75, 3.05) is 18.6 Å². The van der Waals surface area contributed by atoms with Crippen molar-refractivity contribution in [3.63, 3.8) is 0 Å². The van der Waals surface area contributed by atoms with Gasteiger partial charge in [0.2, 0.25) is 5.60 Å². The third-order valence-corrected chi connectivity index (χ3v) is 7.71. The second-order valence-electron chi connectivity index (χ2n) is 8.75. The van der Waals surface area contributed by atoms with Gasteiger partial charge in [-0.15, -0.1) is 23.1 Å². The lowest BCUT2D eigenvalue weighted by Crippen LogP contribution is -2.71. The molecular weight excluding hydrogens is 536 g/mol. The highest BCUT2D eigenvalue weighted by molar-refractivity contribution is 8.00. The van der Waals surface area contributed by atoms with Gasteiger partial charge in [-0.25, -0.2) is 14.3 Å². The number of thioether (sulfide) groups is 1. The molecule has 2 aromatic heterocycles. The average molecular weight is 561 g/mol. The Hall–Kier alpha value is -3.98. The van der Waals surface area contributed by atoms with Gasteiger partial charge in [-0.1, -0.05) is 11.2 Å². The second-order valence-corrected chi connectivity index (χ2v) is 10.7. The average Bonchev–Trinajstić information content (AvgIpc) is 3.32. The summed E-state index contributed by atoms with van der Waals surface area (Å²) in [6.07, 6.45) is 3.57. The maximum absolute atomic E-state index is 13.2. The first kappa shape index (κ1) is 27.1. The van der Waals surface area contributed by atoms with Crippen molar-refractivity contribution in [2.24, 2.45) is 5.16 Å². The van der Waals surface area contributed by atoms with Crippen molar-refractivity contribution in [1.82, 2.24) is 15.2 Å². The lowest BCUT2D eigenvalue weighted by Gasteiger charge is -2.50. The molecule has 0 aromatic carbocycles. The summed E-state index contributed by atoms with van der Waals surface area (Å²) in [5.74, 6) is -3.32. The summed E-state index contributed by atoms with van der Waals surface area (Å²) in [5.41, 5.74) is 4.24. The molecule has 4 heterocycles. The fourth-order valence-corrected chi connectivity index (χ4v) is 5.69. The van der Waals surface area contributed by atoms with Crippen LogP contribution >= 0.6 is 23.1 Å². The lowest BCUT2D eigenvalue weighted by atomic mass is 10.0. The van der Waals surface area contributed by atoms with Crippen LogP contribution < -0.4 is 20.7 Å². The van der Waals surface area contributed by atoms with E-state index in [2.05, 4.69) is 20.2 Å². The highest BCUT2D eigenvalue weighted by Gasteiger charge is 2.53. The van der Waals surface area contributed by atoms with E-state index in [1.807, 2.05) is 18.2 Å². The molecule has 2 amide bonds. The lowest BCUT2D eigenvalue weighted by molar-refractivity contribution is -0.689. The molecule has 0 spiro atoms. The first-order chi connectivity index (χ1) is 18.0. The number of carbonyl (C=O) groups is 4. The van der Waals surface area contributed by atoms with Crippen molar-refractivity contribution < 1.29 is 38.4 Å². The molecule has 38 heavy (non-hydrogen) atoms. The van der Waals surface area contributed by atoms with Crippen LogP contribution in [0.5, 0.6) is 0 Å². The largest absolute Gasteiger partial charge is 0.543 e. The molecule has 3 N–H and O–H groups in total. The topological polar surface area (TPSA) is 180 Å². The van der Waals surface area contributed by atoms with E-state index in [1.165, 1.54) is 38.1 Å². The number of nitrogen functional groups attached to an aromatic ring is 1. The number of carbonyl (C=O) groups excluding carboxylic acids is 4. The summed E-state index contributed by atoms with van der Waals surface area (Å²) < 4.78 is 6.47. The molecule has 200 valence electrons. The van der Waals surface area contributed by atoms with E-state index in [4.69, 9.17) is 10.6 Å². The number of aliphatic carboxylic acids is 1. The van der Waals surface area contributed by atoms with Crippen LogP contribution in [0.4, 0.5) is 5.13 Å². The maximum Gasteiger partial charge on any atom is 0.352 e. The summed E-state index contributed by atoms with van der Waals surface area (Å²) in [4.78, 5) is 60.7. The number of amides is 2. The third kappa shape index (κ3) is 5.33. The Morgan fingerprint density at radius 1 is 1.32 bits per heavy atom. The first-order valence-corrected chi connectivity index (χ1v) is 13.1. The number of fused-ring (bicyclic) bond motifs is 1. The number of carboxylic acid groups (broad SMARTS) is 1. The second kappa shape index (κ2) is 10.8. The number of nitrogens with one attached hydrogen (secondary N) is 1. The van der Waals surface area contributed by atoms with E-state index in [9.17, 15) is 24.3 Å². The summed E-state index contributed by atoms with van der Waals surface area (Å²) in [7, 11) is 1.18. The van der Waals surface area contributed by atoms with Crippen molar-refractivity contribution >= 4 is 57.7 Å². The predicted molar refractivity (Wildman–Crippen MR) is 134 cm³/mol. The Labute approximate surface area is 225 Å². The van der Waals surface area contributed by atoms with E-state index in [-0.39, 0.29) is 28.8 Å². The number of anilines is 1. The van der Waals surface area contributed by atoms with Crippen molar-refractivity contribution in [3.8, 4) is 0 Å². The van der Waals surface area contributed by atoms with Gasteiger partial charge in [-0.2, -0.15) is 0 Å². The van der Waals surface area contributed by atoms with E-state index in [0.717, 1.165) is 16.2 Å². The normalized spacial score (nSPS) is 19.4. The van der Waals surface area contributed by atoms with Gasteiger partial charge >= 0.3 is 5.97 Å². The number of oxime groups is 1. The van der Waals surface area contributed by atoms with Crippen LogP contribution in [-0.4, -0.2) is 69.2 Å². The number of aromatic nitrogens is 2. The first-order valence-electron chi connectivity index (χ1n) is 11.2. The molecule has 4 rings (SSSR count). The summed E-state index contributed by atoms with van der Waals surface area (Å²) >= 11 is 2.37. The van der Waals surface area contributed by atoms with Crippen LogP contribution in [0.2, 0.25) is 0 Å². The number of carboxylic acids is 1. The molecule has 0 saturated carbocycles. The number of hydrogen-bond acceptors (Lipinski definition) is 12.